The molecule has 0 spiro atoms. The highest BCUT2D eigenvalue weighted by molar-refractivity contribution is 6.41. The number of aliphatic hydroxyl groups excluding tert-OH is 1. The van der Waals surface area contributed by atoms with E-state index < -0.39 is 11.9 Å². The van der Waals surface area contributed by atoms with Gasteiger partial charge >= 0.3 is 5.97 Å². The van der Waals surface area contributed by atoms with E-state index in [0.717, 1.165) is 0 Å². The molecule has 0 saturated heterocycles. The Bertz CT molecular complexity index is 819. The van der Waals surface area contributed by atoms with Crippen LogP contribution in [0.15, 0.2) is 36.3 Å². The number of aliphatic hydroxyl groups is 1. The Hall–Kier alpha value is -1.01. The predicted molar refractivity (Wildman–Crippen MR) is 99.9 cm³/mol. The zero-order chi connectivity index (χ0) is 18.7. The van der Waals surface area contributed by atoms with Crippen LogP contribution >= 0.6 is 69.6 Å². The molecule has 4 nitrogen and oxygen atoms in total. The first-order chi connectivity index (χ1) is 11.7. The van der Waals surface area contributed by atoms with Crippen molar-refractivity contribution in [2.75, 3.05) is 0 Å². The maximum Gasteiger partial charge on any atom is 0.343 e. The summed E-state index contributed by atoms with van der Waals surface area (Å²) in [6, 6.07) is 5.38. The molecule has 0 amide bonds. The van der Waals surface area contributed by atoms with Crippen molar-refractivity contribution in [2.45, 2.75) is 0 Å². The number of halogens is 6. The highest BCUT2D eigenvalue weighted by Gasteiger charge is 2.15. The quantitative estimate of drug-likeness (QED) is 0.230. The van der Waals surface area contributed by atoms with Crippen molar-refractivity contribution < 1.29 is 19.4 Å². The molecule has 0 aliphatic carbocycles. The predicted octanol–water partition coefficient (Wildman–Crippen LogP) is 6.99. The summed E-state index contributed by atoms with van der Waals surface area (Å²) in [5, 5.41) is 10.4. The maximum absolute atomic E-state index is 11.9. The van der Waals surface area contributed by atoms with Crippen molar-refractivity contribution in [3.05, 3.63) is 66.4 Å². The molecule has 1 N–H and O–H groups in total. The molecular weight excluding hydrogens is 457 g/mol. The van der Waals surface area contributed by atoms with E-state index in [2.05, 4.69) is 0 Å². The lowest BCUT2D eigenvalue weighted by Crippen LogP contribution is -2.08. The Morgan fingerprint density at radius 1 is 0.760 bits per heavy atom. The van der Waals surface area contributed by atoms with Gasteiger partial charge in [0, 0.05) is 10.0 Å². The average molecular weight is 463 g/mol. The molecule has 0 radical (unpaired) electrons. The Labute approximate surface area is 172 Å². The van der Waals surface area contributed by atoms with Crippen molar-refractivity contribution in [3.8, 4) is 11.5 Å². The van der Waals surface area contributed by atoms with Gasteiger partial charge in [-0.3, -0.25) is 0 Å². The summed E-state index contributed by atoms with van der Waals surface area (Å²) in [7, 11) is 0. The van der Waals surface area contributed by atoms with Crippen LogP contribution in [0.4, 0.5) is 0 Å². The summed E-state index contributed by atoms with van der Waals surface area (Å²) in [6.07, 6.45) is 0.641. The lowest BCUT2D eigenvalue weighted by atomic mass is 10.3. The van der Waals surface area contributed by atoms with Gasteiger partial charge in [-0.1, -0.05) is 69.6 Å². The van der Waals surface area contributed by atoms with Crippen LogP contribution in [-0.4, -0.2) is 11.1 Å². The van der Waals surface area contributed by atoms with Crippen molar-refractivity contribution in [1.82, 2.24) is 0 Å². The zero-order valence-corrected chi connectivity index (χ0v) is 16.4. The average Bonchev–Trinajstić information content (AvgIpc) is 2.46. The number of benzene rings is 2. The van der Waals surface area contributed by atoms with Crippen LogP contribution in [0.1, 0.15) is 0 Å². The minimum Gasteiger partial charge on any atom is -0.481 e. The Balaban J connectivity index is 2.17. The van der Waals surface area contributed by atoms with Crippen LogP contribution in [0.3, 0.4) is 0 Å². The van der Waals surface area contributed by atoms with E-state index in [1.54, 1.807) is 0 Å². The van der Waals surface area contributed by atoms with Crippen LogP contribution < -0.4 is 9.47 Å². The topological polar surface area (TPSA) is 55.8 Å². The highest BCUT2D eigenvalue weighted by atomic mass is 35.5. The first kappa shape index (κ1) is 20.3. The van der Waals surface area contributed by atoms with Crippen molar-refractivity contribution in [2.24, 2.45) is 0 Å². The fourth-order valence-electron chi connectivity index (χ4n) is 1.62. The molecule has 0 aromatic heterocycles. The number of rotatable bonds is 4. The number of carbonyl (C=O) groups is 1. The molecule has 0 aliphatic rings. The third-order valence-corrected chi connectivity index (χ3v) is 4.14. The number of hydrogen-bond acceptors (Lipinski definition) is 4. The van der Waals surface area contributed by atoms with Crippen LogP contribution in [0.5, 0.6) is 11.5 Å². The van der Waals surface area contributed by atoms with Gasteiger partial charge in [0.1, 0.15) is 6.08 Å². The number of hydrogen-bond donors (Lipinski definition) is 1. The van der Waals surface area contributed by atoms with Gasteiger partial charge in [0.05, 0.1) is 20.1 Å². The van der Waals surface area contributed by atoms with Gasteiger partial charge in [0.2, 0.25) is 0 Å². The zero-order valence-electron chi connectivity index (χ0n) is 11.8. The van der Waals surface area contributed by atoms with E-state index in [1.807, 2.05) is 0 Å². The summed E-state index contributed by atoms with van der Waals surface area (Å²) in [4.78, 5) is 11.9. The van der Waals surface area contributed by atoms with Gasteiger partial charge in [0.15, 0.2) is 11.5 Å². The molecule has 0 aliphatic heterocycles. The number of esters is 1. The van der Waals surface area contributed by atoms with Crippen LogP contribution in [0, 0.1) is 0 Å². The molecule has 0 heterocycles. The molecule has 0 saturated carbocycles. The van der Waals surface area contributed by atoms with Crippen molar-refractivity contribution in [1.29, 1.82) is 0 Å². The molecular formula is C15H6Cl6O4. The first-order valence-electron chi connectivity index (χ1n) is 6.26. The van der Waals surface area contributed by atoms with Gasteiger partial charge in [-0.25, -0.2) is 4.79 Å². The van der Waals surface area contributed by atoms with Gasteiger partial charge in [-0.05, 0) is 24.3 Å². The smallest absolute Gasteiger partial charge is 0.343 e. The summed E-state index contributed by atoms with van der Waals surface area (Å²) in [5.41, 5.74) is 0. The minimum absolute atomic E-state index is 0.0171. The fraction of sp³-hybridized carbons (Fsp3) is 0. The molecule has 2 aromatic carbocycles. The monoisotopic (exact) mass is 460 g/mol. The van der Waals surface area contributed by atoms with E-state index in [1.165, 1.54) is 24.3 Å². The SMILES string of the molecule is O=C(/C=C(\O)Oc1c(Cl)cc(Cl)cc1Cl)Oc1c(Cl)cc(Cl)cc1Cl. The van der Waals surface area contributed by atoms with Gasteiger partial charge in [-0.15, -0.1) is 0 Å². The Morgan fingerprint density at radius 3 is 1.52 bits per heavy atom. The summed E-state index contributed by atoms with van der Waals surface area (Å²) < 4.78 is 9.98. The maximum atomic E-state index is 11.9. The molecule has 2 aromatic rings. The van der Waals surface area contributed by atoms with Gasteiger partial charge in [0.25, 0.3) is 5.95 Å². The van der Waals surface area contributed by atoms with Gasteiger partial charge in [-0.2, -0.15) is 0 Å². The second kappa shape index (κ2) is 8.58. The summed E-state index contributed by atoms with van der Waals surface area (Å²) in [6.45, 7) is 0. The van der Waals surface area contributed by atoms with E-state index >= 15 is 0 Å². The van der Waals surface area contributed by atoms with Crippen molar-refractivity contribution >= 4 is 75.6 Å². The molecule has 0 bridgehead atoms. The van der Waals surface area contributed by atoms with E-state index in [-0.39, 0.29) is 41.6 Å². The second-order valence-electron chi connectivity index (χ2n) is 4.40. The number of carbonyl (C=O) groups excluding carboxylic acids is 1. The first-order valence-corrected chi connectivity index (χ1v) is 8.53. The molecule has 25 heavy (non-hydrogen) atoms. The lowest BCUT2D eigenvalue weighted by molar-refractivity contribution is -0.129. The molecule has 0 unspecified atom stereocenters. The standard InChI is InChI=1S/C15H6Cl6O4/c16-6-1-8(18)14(9(19)2-6)24-12(22)5-13(23)25-15-10(20)3-7(17)4-11(15)21/h1-5,22H/b12-5+. The molecule has 132 valence electrons. The van der Waals surface area contributed by atoms with Crippen molar-refractivity contribution in [3.63, 3.8) is 0 Å². The fourth-order valence-corrected chi connectivity index (χ4v) is 3.41. The molecule has 0 fully saturated rings. The summed E-state index contributed by atoms with van der Waals surface area (Å²) in [5.74, 6) is -2.04. The molecule has 10 heteroatoms. The largest absolute Gasteiger partial charge is 0.481 e. The normalized spacial score (nSPS) is 11.4. The minimum atomic E-state index is -1.01. The van der Waals surface area contributed by atoms with E-state index in [4.69, 9.17) is 79.1 Å². The van der Waals surface area contributed by atoms with Crippen LogP contribution in [0.2, 0.25) is 30.1 Å². The van der Waals surface area contributed by atoms with Gasteiger partial charge < -0.3 is 14.6 Å². The van der Waals surface area contributed by atoms with Crippen LogP contribution in [0.25, 0.3) is 0 Å². The third-order valence-electron chi connectivity index (χ3n) is 2.58. The van der Waals surface area contributed by atoms with E-state index in [9.17, 15) is 9.90 Å². The second-order valence-corrected chi connectivity index (χ2v) is 6.90. The van der Waals surface area contributed by atoms with Crippen LogP contribution in [-0.2, 0) is 4.79 Å². The molecule has 0 atom stereocenters. The lowest BCUT2D eigenvalue weighted by Gasteiger charge is -2.09. The van der Waals surface area contributed by atoms with E-state index in [0.29, 0.717) is 6.08 Å². The Morgan fingerprint density at radius 2 is 1.12 bits per heavy atom. The third kappa shape index (κ3) is 5.48. The number of ether oxygens (including phenoxy) is 2. The Kier molecular flexibility index (Phi) is 6.97. The molecule has 2 rings (SSSR count). The summed E-state index contributed by atoms with van der Waals surface area (Å²) >= 11 is 35.1. The highest BCUT2D eigenvalue weighted by Crippen LogP contribution is 2.37.